The topological polar surface area (TPSA) is 86.2 Å². The van der Waals surface area contributed by atoms with E-state index in [1.807, 2.05) is 0 Å². The molecular formula is C6H4BrN5O. The summed E-state index contributed by atoms with van der Waals surface area (Å²) in [6.07, 6.45) is 3.20. The fourth-order valence-electron chi connectivity index (χ4n) is 0.864. The Hall–Kier alpha value is -1.50. The number of carbonyl (C=O) groups excluding carboxylic acids is 1. The van der Waals surface area contributed by atoms with Crippen LogP contribution in [-0.4, -0.2) is 25.5 Å². The van der Waals surface area contributed by atoms with Gasteiger partial charge in [0, 0.05) is 12.4 Å². The second-order valence-electron chi connectivity index (χ2n) is 2.32. The first kappa shape index (κ1) is 8.11. The third kappa shape index (κ3) is 1.37. The summed E-state index contributed by atoms with van der Waals surface area (Å²) in [6, 6.07) is 0. The number of aromatic nitrogens is 4. The van der Waals surface area contributed by atoms with Gasteiger partial charge in [-0.3, -0.25) is 4.79 Å². The van der Waals surface area contributed by atoms with Crippen LogP contribution < -0.4 is 5.73 Å². The molecule has 0 radical (unpaired) electrons. The zero-order chi connectivity index (χ0) is 9.42. The number of hydrogen-bond donors (Lipinski definition) is 1. The molecule has 2 aromatic rings. The van der Waals surface area contributed by atoms with Crippen molar-refractivity contribution in [2.24, 2.45) is 5.73 Å². The van der Waals surface area contributed by atoms with Crippen LogP contribution in [0.1, 0.15) is 10.6 Å². The molecule has 0 unspecified atom stereocenters. The second-order valence-corrected chi connectivity index (χ2v) is 3.23. The molecule has 0 aliphatic carbocycles. The molecule has 1 amide bonds. The van der Waals surface area contributed by atoms with Gasteiger partial charge in [0.1, 0.15) is 0 Å². The van der Waals surface area contributed by atoms with Crippen molar-refractivity contribution in [3.63, 3.8) is 0 Å². The number of hydrogen-bond acceptors (Lipinski definition) is 4. The predicted molar refractivity (Wildman–Crippen MR) is 47.0 cm³/mol. The summed E-state index contributed by atoms with van der Waals surface area (Å²) in [5, 5.41) is 3.81. The molecule has 2 heterocycles. The number of primary amides is 1. The Labute approximate surface area is 80.9 Å². The molecule has 0 aliphatic heterocycles. The largest absolute Gasteiger partial charge is 0.363 e. The van der Waals surface area contributed by atoms with Gasteiger partial charge in [0.2, 0.25) is 5.82 Å². The standard InChI is InChI=1S/C6H4BrN5O/c7-3-1-9-6-10-5(4(8)13)11-12(6)2-3/h1-2H,(H2,8,13). The van der Waals surface area contributed by atoms with Crippen molar-refractivity contribution in [3.8, 4) is 0 Å². The average molecular weight is 242 g/mol. The minimum atomic E-state index is -0.665. The molecule has 0 atom stereocenters. The molecule has 2 N–H and O–H groups in total. The van der Waals surface area contributed by atoms with Gasteiger partial charge in [0.15, 0.2) is 0 Å². The van der Waals surface area contributed by atoms with Crippen LogP contribution in [0.25, 0.3) is 5.78 Å². The third-order valence-electron chi connectivity index (χ3n) is 1.38. The van der Waals surface area contributed by atoms with Crippen LogP contribution in [0.15, 0.2) is 16.9 Å². The Kier molecular flexibility index (Phi) is 1.73. The summed E-state index contributed by atoms with van der Waals surface area (Å²) in [4.78, 5) is 18.4. The lowest BCUT2D eigenvalue weighted by Gasteiger charge is -1.88. The molecule has 0 aliphatic rings. The van der Waals surface area contributed by atoms with Gasteiger partial charge in [-0.2, -0.15) is 4.98 Å². The number of amides is 1. The summed E-state index contributed by atoms with van der Waals surface area (Å²) in [6.45, 7) is 0. The highest BCUT2D eigenvalue weighted by molar-refractivity contribution is 9.10. The van der Waals surface area contributed by atoms with Gasteiger partial charge in [-0.15, -0.1) is 5.10 Å². The Morgan fingerprint density at radius 2 is 2.38 bits per heavy atom. The zero-order valence-electron chi connectivity index (χ0n) is 6.31. The SMILES string of the molecule is NC(=O)c1nc2ncc(Br)cn2n1. The number of fused-ring (bicyclic) bond motifs is 1. The molecule has 0 fully saturated rings. The lowest BCUT2D eigenvalue weighted by atomic mass is 10.6. The van der Waals surface area contributed by atoms with Crippen LogP contribution >= 0.6 is 15.9 Å². The number of nitrogens with two attached hydrogens (primary N) is 1. The van der Waals surface area contributed by atoms with Crippen molar-refractivity contribution in [1.82, 2.24) is 19.6 Å². The molecule has 0 aromatic carbocycles. The maximum atomic E-state index is 10.7. The van der Waals surface area contributed by atoms with E-state index in [2.05, 4.69) is 31.0 Å². The van der Waals surface area contributed by atoms with Crippen LogP contribution in [0.5, 0.6) is 0 Å². The van der Waals surface area contributed by atoms with E-state index in [9.17, 15) is 4.79 Å². The van der Waals surface area contributed by atoms with Crippen molar-refractivity contribution in [2.75, 3.05) is 0 Å². The van der Waals surface area contributed by atoms with Gasteiger partial charge in [-0.1, -0.05) is 0 Å². The highest BCUT2D eigenvalue weighted by atomic mass is 79.9. The van der Waals surface area contributed by atoms with Crippen LogP contribution in [0.2, 0.25) is 0 Å². The fraction of sp³-hybridized carbons (Fsp3) is 0. The van der Waals surface area contributed by atoms with E-state index < -0.39 is 5.91 Å². The quantitative estimate of drug-likeness (QED) is 0.761. The molecule has 2 rings (SSSR count). The highest BCUT2D eigenvalue weighted by Gasteiger charge is 2.08. The molecule has 6 nitrogen and oxygen atoms in total. The van der Waals surface area contributed by atoms with E-state index in [1.165, 1.54) is 4.52 Å². The van der Waals surface area contributed by atoms with Gasteiger partial charge in [0.25, 0.3) is 11.7 Å². The van der Waals surface area contributed by atoms with Crippen molar-refractivity contribution in [2.45, 2.75) is 0 Å². The first-order valence-corrected chi connectivity index (χ1v) is 4.14. The molecule has 0 saturated carbocycles. The van der Waals surface area contributed by atoms with Crippen LogP contribution in [-0.2, 0) is 0 Å². The van der Waals surface area contributed by atoms with Crippen molar-refractivity contribution in [3.05, 3.63) is 22.7 Å². The second kappa shape index (κ2) is 2.77. The Morgan fingerprint density at radius 3 is 3.08 bits per heavy atom. The number of carbonyl (C=O) groups is 1. The van der Waals surface area contributed by atoms with Crippen LogP contribution in [0.3, 0.4) is 0 Å². The van der Waals surface area contributed by atoms with Gasteiger partial charge in [0.05, 0.1) is 4.47 Å². The fourth-order valence-corrected chi connectivity index (χ4v) is 1.16. The molecule has 66 valence electrons. The summed E-state index contributed by atoms with van der Waals surface area (Å²) in [7, 11) is 0. The lowest BCUT2D eigenvalue weighted by molar-refractivity contribution is 0.0990. The number of halogens is 1. The number of nitrogens with zero attached hydrogens (tertiary/aromatic N) is 4. The van der Waals surface area contributed by atoms with Gasteiger partial charge < -0.3 is 5.73 Å². The lowest BCUT2D eigenvalue weighted by Crippen LogP contribution is -2.12. The maximum absolute atomic E-state index is 10.7. The van der Waals surface area contributed by atoms with Crippen LogP contribution in [0, 0.1) is 0 Å². The average Bonchev–Trinajstić information content (AvgIpc) is 2.46. The Balaban J connectivity index is 2.68. The molecular weight excluding hydrogens is 238 g/mol. The summed E-state index contributed by atoms with van der Waals surface area (Å²) in [5.74, 6) is -0.357. The molecule has 0 bridgehead atoms. The summed E-state index contributed by atoms with van der Waals surface area (Å²) in [5.41, 5.74) is 5.00. The monoisotopic (exact) mass is 241 g/mol. The zero-order valence-corrected chi connectivity index (χ0v) is 7.89. The Bertz CT molecular complexity index is 479. The molecule has 13 heavy (non-hydrogen) atoms. The van der Waals surface area contributed by atoms with Crippen LogP contribution in [0.4, 0.5) is 0 Å². The molecule has 2 aromatic heterocycles. The van der Waals surface area contributed by atoms with E-state index in [-0.39, 0.29) is 5.82 Å². The van der Waals surface area contributed by atoms with E-state index in [0.29, 0.717) is 5.78 Å². The van der Waals surface area contributed by atoms with Gasteiger partial charge in [-0.05, 0) is 15.9 Å². The van der Waals surface area contributed by atoms with E-state index in [4.69, 9.17) is 5.73 Å². The summed E-state index contributed by atoms with van der Waals surface area (Å²) < 4.78 is 2.13. The van der Waals surface area contributed by atoms with E-state index in [1.54, 1.807) is 12.4 Å². The normalized spacial score (nSPS) is 10.5. The minimum absolute atomic E-state index is 0.0365. The Morgan fingerprint density at radius 1 is 1.62 bits per heavy atom. The molecule has 7 heteroatoms. The van der Waals surface area contributed by atoms with E-state index in [0.717, 1.165) is 4.47 Å². The highest BCUT2D eigenvalue weighted by Crippen LogP contribution is 2.07. The molecule has 0 saturated heterocycles. The smallest absolute Gasteiger partial charge is 0.288 e. The summed E-state index contributed by atoms with van der Waals surface area (Å²) >= 11 is 3.21. The maximum Gasteiger partial charge on any atom is 0.288 e. The first-order chi connectivity index (χ1) is 6.16. The van der Waals surface area contributed by atoms with Crippen molar-refractivity contribution < 1.29 is 4.79 Å². The third-order valence-corrected chi connectivity index (χ3v) is 1.79. The van der Waals surface area contributed by atoms with Crippen molar-refractivity contribution >= 4 is 27.6 Å². The minimum Gasteiger partial charge on any atom is -0.363 e. The van der Waals surface area contributed by atoms with Crippen molar-refractivity contribution in [1.29, 1.82) is 0 Å². The number of rotatable bonds is 1. The van der Waals surface area contributed by atoms with Gasteiger partial charge >= 0.3 is 0 Å². The molecule has 0 spiro atoms. The first-order valence-electron chi connectivity index (χ1n) is 3.34. The van der Waals surface area contributed by atoms with E-state index >= 15 is 0 Å². The van der Waals surface area contributed by atoms with Gasteiger partial charge in [-0.25, -0.2) is 9.50 Å². The predicted octanol–water partition coefficient (Wildman–Crippen LogP) is -0.0143.